The van der Waals surface area contributed by atoms with E-state index in [1.807, 2.05) is 24.3 Å². The van der Waals surface area contributed by atoms with E-state index in [1.54, 1.807) is 14.0 Å². The lowest BCUT2D eigenvalue weighted by atomic mass is 10.1. The van der Waals surface area contributed by atoms with Crippen LogP contribution in [0.15, 0.2) is 24.3 Å². The van der Waals surface area contributed by atoms with E-state index in [9.17, 15) is 4.79 Å². The van der Waals surface area contributed by atoms with E-state index >= 15 is 0 Å². The second-order valence-corrected chi connectivity index (χ2v) is 3.51. The molecule has 0 spiro atoms. The van der Waals surface area contributed by atoms with Crippen LogP contribution in [-0.2, 0) is 14.3 Å². The molecule has 1 aliphatic rings. The van der Waals surface area contributed by atoms with Crippen LogP contribution in [0.4, 0.5) is 0 Å². The van der Waals surface area contributed by atoms with Gasteiger partial charge < -0.3 is 14.2 Å². The normalized spacial score (nSPS) is 22.6. The molecule has 4 heteroatoms. The lowest BCUT2D eigenvalue weighted by Crippen LogP contribution is -2.11. The molecule has 1 saturated heterocycles. The van der Waals surface area contributed by atoms with Gasteiger partial charge in [0.2, 0.25) is 0 Å². The van der Waals surface area contributed by atoms with Gasteiger partial charge in [0.25, 0.3) is 0 Å². The highest BCUT2D eigenvalue weighted by Crippen LogP contribution is 2.40. The molecule has 1 aromatic rings. The molecule has 86 valence electrons. The van der Waals surface area contributed by atoms with Crippen LogP contribution in [0.2, 0.25) is 0 Å². The molecule has 2 atom stereocenters. The van der Waals surface area contributed by atoms with Gasteiger partial charge in [-0.25, -0.2) is 4.79 Å². The third-order valence-electron chi connectivity index (χ3n) is 2.43. The molecule has 1 heterocycles. The molecule has 16 heavy (non-hydrogen) atoms. The Morgan fingerprint density at radius 1 is 1.50 bits per heavy atom. The maximum absolute atomic E-state index is 11.4. The fourth-order valence-electron chi connectivity index (χ4n) is 1.59. The zero-order chi connectivity index (χ0) is 11.5. The van der Waals surface area contributed by atoms with Crippen molar-refractivity contribution in [2.24, 2.45) is 0 Å². The molecule has 0 radical (unpaired) electrons. The Kier molecular flexibility index (Phi) is 3.10. The number of methoxy groups -OCH3 is 1. The van der Waals surface area contributed by atoms with Gasteiger partial charge in [-0.15, -0.1) is 0 Å². The first-order valence-corrected chi connectivity index (χ1v) is 5.22. The Morgan fingerprint density at radius 3 is 3.00 bits per heavy atom. The quantitative estimate of drug-likeness (QED) is 0.574. The van der Waals surface area contributed by atoms with Crippen LogP contribution in [0.1, 0.15) is 18.6 Å². The number of benzene rings is 1. The molecule has 0 saturated carbocycles. The predicted molar refractivity (Wildman–Crippen MR) is 57.2 cm³/mol. The highest BCUT2D eigenvalue weighted by molar-refractivity contribution is 5.78. The summed E-state index contributed by atoms with van der Waals surface area (Å²) >= 11 is 0. The molecular weight excluding hydrogens is 208 g/mol. The Labute approximate surface area is 94.1 Å². The van der Waals surface area contributed by atoms with E-state index in [0.29, 0.717) is 6.61 Å². The number of rotatable bonds is 4. The van der Waals surface area contributed by atoms with Crippen LogP contribution in [-0.4, -0.2) is 25.8 Å². The summed E-state index contributed by atoms with van der Waals surface area (Å²) in [5, 5.41) is 0. The fourth-order valence-corrected chi connectivity index (χ4v) is 1.59. The summed E-state index contributed by atoms with van der Waals surface area (Å²) in [6, 6.07) is 7.50. The topological polar surface area (TPSA) is 48.1 Å². The second-order valence-electron chi connectivity index (χ2n) is 3.51. The van der Waals surface area contributed by atoms with Gasteiger partial charge in [-0.1, -0.05) is 12.1 Å². The maximum atomic E-state index is 11.4. The zero-order valence-corrected chi connectivity index (χ0v) is 9.30. The molecule has 1 aliphatic heterocycles. The summed E-state index contributed by atoms with van der Waals surface area (Å²) in [6.07, 6.45) is -0.638. The lowest BCUT2D eigenvalue weighted by molar-refractivity contribution is -0.144. The summed E-state index contributed by atoms with van der Waals surface area (Å²) in [6.45, 7) is 2.16. The van der Waals surface area contributed by atoms with Crippen LogP contribution in [0, 0.1) is 0 Å². The van der Waals surface area contributed by atoms with E-state index in [-0.39, 0.29) is 12.1 Å². The van der Waals surface area contributed by atoms with Gasteiger partial charge in [-0.05, 0) is 24.6 Å². The zero-order valence-electron chi connectivity index (χ0n) is 9.30. The number of hydrogen-bond acceptors (Lipinski definition) is 4. The standard InChI is InChI=1S/C12H14O4/c1-3-15-12(13)11-10(16-11)8-5-4-6-9(7-8)14-2/h4-7,10-11H,3H2,1-2H3/t10-,11+/m1/s1. The van der Waals surface area contributed by atoms with Crippen LogP contribution in [0.3, 0.4) is 0 Å². The molecular formula is C12H14O4. The van der Waals surface area contributed by atoms with Gasteiger partial charge in [0.05, 0.1) is 13.7 Å². The number of carbonyl (C=O) groups excluding carboxylic acids is 1. The highest BCUT2D eigenvalue weighted by Gasteiger charge is 2.47. The number of esters is 1. The summed E-state index contributed by atoms with van der Waals surface area (Å²) in [4.78, 5) is 11.4. The first-order chi connectivity index (χ1) is 7.76. The Balaban J connectivity index is 2.02. The third-order valence-corrected chi connectivity index (χ3v) is 2.43. The van der Waals surface area contributed by atoms with Gasteiger partial charge in [-0.3, -0.25) is 0 Å². The molecule has 0 N–H and O–H groups in total. The molecule has 1 aromatic carbocycles. The molecule has 0 unspecified atom stereocenters. The molecule has 1 fully saturated rings. The van der Waals surface area contributed by atoms with E-state index < -0.39 is 6.10 Å². The maximum Gasteiger partial charge on any atom is 0.338 e. The summed E-state index contributed by atoms with van der Waals surface area (Å²) in [5.41, 5.74) is 0.942. The minimum Gasteiger partial charge on any atom is -0.497 e. The SMILES string of the molecule is CCOC(=O)[C@H]1O[C@@H]1c1cccc(OC)c1. The van der Waals surface area contributed by atoms with Crippen molar-refractivity contribution in [2.45, 2.75) is 19.1 Å². The van der Waals surface area contributed by atoms with Gasteiger partial charge in [0.1, 0.15) is 11.9 Å². The predicted octanol–water partition coefficient (Wildman–Crippen LogP) is 1.70. The number of epoxide rings is 1. The summed E-state index contributed by atoms with van der Waals surface area (Å²) in [5.74, 6) is 0.464. The van der Waals surface area contributed by atoms with Crippen molar-refractivity contribution in [2.75, 3.05) is 13.7 Å². The van der Waals surface area contributed by atoms with Gasteiger partial charge in [0, 0.05) is 0 Å². The molecule has 0 aromatic heterocycles. The van der Waals surface area contributed by atoms with Gasteiger partial charge in [-0.2, -0.15) is 0 Å². The largest absolute Gasteiger partial charge is 0.497 e. The molecule has 0 bridgehead atoms. The second kappa shape index (κ2) is 4.53. The summed E-state index contributed by atoms with van der Waals surface area (Å²) in [7, 11) is 1.61. The van der Waals surface area contributed by atoms with Crippen molar-refractivity contribution in [3.05, 3.63) is 29.8 Å². The molecule has 0 amide bonds. The van der Waals surface area contributed by atoms with E-state index in [1.165, 1.54) is 0 Å². The summed E-state index contributed by atoms with van der Waals surface area (Å²) < 4.78 is 15.3. The average Bonchev–Trinajstić information content (AvgIpc) is 3.09. The van der Waals surface area contributed by atoms with E-state index in [2.05, 4.69) is 0 Å². The number of hydrogen-bond donors (Lipinski definition) is 0. The Hall–Kier alpha value is -1.55. The van der Waals surface area contributed by atoms with Gasteiger partial charge in [0.15, 0.2) is 6.10 Å². The number of ether oxygens (including phenoxy) is 3. The number of carbonyl (C=O) groups is 1. The van der Waals surface area contributed by atoms with Crippen molar-refractivity contribution in [3.63, 3.8) is 0 Å². The third kappa shape index (κ3) is 2.17. The van der Waals surface area contributed by atoms with E-state index in [4.69, 9.17) is 14.2 Å². The van der Waals surface area contributed by atoms with E-state index in [0.717, 1.165) is 11.3 Å². The first kappa shape index (κ1) is 11.0. The van der Waals surface area contributed by atoms with Crippen LogP contribution in [0.5, 0.6) is 5.75 Å². The molecule has 4 nitrogen and oxygen atoms in total. The van der Waals surface area contributed by atoms with Crippen LogP contribution in [0.25, 0.3) is 0 Å². The molecule has 2 rings (SSSR count). The monoisotopic (exact) mass is 222 g/mol. The van der Waals surface area contributed by atoms with Crippen molar-refractivity contribution < 1.29 is 19.0 Å². The van der Waals surface area contributed by atoms with Crippen molar-refractivity contribution in [1.29, 1.82) is 0 Å². The lowest BCUT2D eigenvalue weighted by Gasteiger charge is -2.01. The van der Waals surface area contributed by atoms with Crippen LogP contribution >= 0.6 is 0 Å². The highest BCUT2D eigenvalue weighted by atomic mass is 16.6. The fraction of sp³-hybridized carbons (Fsp3) is 0.417. The van der Waals surface area contributed by atoms with Crippen molar-refractivity contribution in [1.82, 2.24) is 0 Å². The minimum absolute atomic E-state index is 0.186. The first-order valence-electron chi connectivity index (χ1n) is 5.22. The van der Waals surface area contributed by atoms with Crippen molar-refractivity contribution in [3.8, 4) is 5.75 Å². The van der Waals surface area contributed by atoms with Crippen molar-refractivity contribution >= 4 is 5.97 Å². The smallest absolute Gasteiger partial charge is 0.338 e. The average molecular weight is 222 g/mol. The Bertz CT molecular complexity index is 388. The van der Waals surface area contributed by atoms with Gasteiger partial charge >= 0.3 is 5.97 Å². The molecule has 0 aliphatic carbocycles. The Morgan fingerprint density at radius 2 is 2.31 bits per heavy atom. The van der Waals surface area contributed by atoms with Crippen LogP contribution < -0.4 is 4.74 Å². The minimum atomic E-state index is -0.452.